The number of thioether (sulfide) groups is 1. The van der Waals surface area contributed by atoms with Crippen LogP contribution in [0, 0.1) is 0 Å². The number of halogens is 1. The van der Waals surface area contributed by atoms with Crippen LogP contribution in [-0.2, 0) is 4.79 Å². The molecule has 0 saturated carbocycles. The van der Waals surface area contributed by atoms with Gasteiger partial charge >= 0.3 is 0 Å². The molecule has 0 radical (unpaired) electrons. The first-order chi connectivity index (χ1) is 14.0. The molecule has 1 aliphatic heterocycles. The molecular weight excluding hydrogens is 408 g/mol. The zero-order valence-electron chi connectivity index (χ0n) is 16.6. The van der Waals surface area contributed by atoms with Crippen LogP contribution >= 0.6 is 23.4 Å². The molecule has 0 aromatic heterocycles. The van der Waals surface area contributed by atoms with Crippen molar-refractivity contribution in [2.45, 2.75) is 33.3 Å². The molecule has 3 rings (SSSR count). The number of hydrogen-bond donors (Lipinski definition) is 1. The number of benzene rings is 2. The van der Waals surface area contributed by atoms with Crippen molar-refractivity contribution in [3.05, 3.63) is 58.0 Å². The standard InChI is InChI=1S/C22H23ClN2O3S/c1-4-14(3)28-19-11-6-15(12-18(19)23)13-20-21(26)25-22(29-20)24-16-7-9-17(10-8-16)27-5-2/h6-14H,4-5H2,1-3H3,(H,24,25,26)/b20-13+/t14-/m1/s1. The van der Waals surface area contributed by atoms with Crippen LogP contribution in [-0.4, -0.2) is 23.8 Å². The van der Waals surface area contributed by atoms with Gasteiger partial charge in [-0.15, -0.1) is 0 Å². The van der Waals surface area contributed by atoms with Crippen molar-refractivity contribution in [2.75, 3.05) is 6.61 Å². The van der Waals surface area contributed by atoms with Crippen molar-refractivity contribution in [2.24, 2.45) is 4.99 Å². The molecule has 5 nitrogen and oxygen atoms in total. The quantitative estimate of drug-likeness (QED) is 0.563. The van der Waals surface area contributed by atoms with Gasteiger partial charge in [-0.25, -0.2) is 4.99 Å². The van der Waals surface area contributed by atoms with Crippen molar-refractivity contribution < 1.29 is 14.3 Å². The Morgan fingerprint density at radius 1 is 1.21 bits per heavy atom. The van der Waals surface area contributed by atoms with Crippen LogP contribution in [0.25, 0.3) is 6.08 Å². The summed E-state index contributed by atoms with van der Waals surface area (Å²) in [6.45, 7) is 6.60. The number of carbonyl (C=O) groups excluding carboxylic acids is 1. The number of carbonyl (C=O) groups is 1. The van der Waals surface area contributed by atoms with Gasteiger partial charge in [0.1, 0.15) is 11.5 Å². The first-order valence-electron chi connectivity index (χ1n) is 9.47. The van der Waals surface area contributed by atoms with E-state index < -0.39 is 0 Å². The number of nitrogens with zero attached hydrogens (tertiary/aromatic N) is 1. The molecule has 1 amide bonds. The van der Waals surface area contributed by atoms with E-state index in [2.05, 4.69) is 17.2 Å². The summed E-state index contributed by atoms with van der Waals surface area (Å²) in [6, 6.07) is 12.9. The number of rotatable bonds is 7. The van der Waals surface area contributed by atoms with Gasteiger partial charge in [-0.2, -0.15) is 0 Å². The van der Waals surface area contributed by atoms with Crippen LogP contribution < -0.4 is 14.8 Å². The van der Waals surface area contributed by atoms with E-state index in [0.717, 1.165) is 23.4 Å². The minimum absolute atomic E-state index is 0.0919. The van der Waals surface area contributed by atoms with E-state index in [1.807, 2.05) is 50.2 Å². The highest BCUT2D eigenvalue weighted by atomic mass is 35.5. The second-order valence-corrected chi connectivity index (χ2v) is 7.87. The van der Waals surface area contributed by atoms with Crippen molar-refractivity contribution >= 4 is 46.2 Å². The van der Waals surface area contributed by atoms with E-state index in [-0.39, 0.29) is 12.0 Å². The Kier molecular flexibility index (Phi) is 7.23. The van der Waals surface area contributed by atoms with Crippen LogP contribution in [0.5, 0.6) is 11.5 Å². The molecule has 0 aliphatic carbocycles. The predicted octanol–water partition coefficient (Wildman–Crippen LogP) is 5.81. The molecule has 1 saturated heterocycles. The van der Waals surface area contributed by atoms with E-state index in [0.29, 0.717) is 27.5 Å². The van der Waals surface area contributed by atoms with Gasteiger partial charge < -0.3 is 14.8 Å². The summed E-state index contributed by atoms with van der Waals surface area (Å²) in [7, 11) is 0. The molecule has 29 heavy (non-hydrogen) atoms. The summed E-state index contributed by atoms with van der Waals surface area (Å²) in [5.41, 5.74) is 1.57. The second kappa shape index (κ2) is 9.85. The highest BCUT2D eigenvalue weighted by Gasteiger charge is 2.24. The molecule has 1 N–H and O–H groups in total. The minimum Gasteiger partial charge on any atom is -0.494 e. The Labute approximate surface area is 180 Å². The van der Waals surface area contributed by atoms with Gasteiger partial charge in [0.15, 0.2) is 5.17 Å². The predicted molar refractivity (Wildman–Crippen MR) is 120 cm³/mol. The van der Waals surface area contributed by atoms with Crippen molar-refractivity contribution in [3.63, 3.8) is 0 Å². The monoisotopic (exact) mass is 430 g/mol. The average Bonchev–Trinajstić information content (AvgIpc) is 3.04. The SMILES string of the molecule is CCOc1ccc(N=C2NC(=O)/C(=C\c3ccc(O[C@H](C)CC)c(Cl)c3)S2)cc1. The van der Waals surface area contributed by atoms with Gasteiger partial charge in [-0.05, 0) is 80.1 Å². The lowest BCUT2D eigenvalue weighted by Gasteiger charge is -2.14. The largest absolute Gasteiger partial charge is 0.494 e. The summed E-state index contributed by atoms with van der Waals surface area (Å²) in [6.07, 6.45) is 2.78. The maximum atomic E-state index is 12.3. The molecule has 2 aromatic rings. The Bertz CT molecular complexity index is 942. The minimum atomic E-state index is -0.184. The molecule has 0 spiro atoms. The summed E-state index contributed by atoms with van der Waals surface area (Å²) in [4.78, 5) is 17.3. The highest BCUT2D eigenvalue weighted by Crippen LogP contribution is 2.31. The molecule has 1 atom stereocenters. The molecule has 1 aliphatic rings. The lowest BCUT2D eigenvalue weighted by atomic mass is 10.2. The zero-order valence-corrected chi connectivity index (χ0v) is 18.1. The third-order valence-electron chi connectivity index (χ3n) is 4.19. The number of ether oxygens (including phenoxy) is 2. The van der Waals surface area contributed by atoms with E-state index in [1.165, 1.54) is 11.8 Å². The van der Waals surface area contributed by atoms with Gasteiger partial charge in [0, 0.05) is 0 Å². The van der Waals surface area contributed by atoms with Crippen LogP contribution in [0.1, 0.15) is 32.8 Å². The van der Waals surface area contributed by atoms with Gasteiger partial charge in [0.2, 0.25) is 0 Å². The van der Waals surface area contributed by atoms with E-state index in [4.69, 9.17) is 21.1 Å². The van der Waals surface area contributed by atoms with Crippen molar-refractivity contribution in [1.29, 1.82) is 0 Å². The maximum Gasteiger partial charge on any atom is 0.264 e. The fourth-order valence-corrected chi connectivity index (χ4v) is 3.61. The number of hydrogen-bond acceptors (Lipinski definition) is 5. The Morgan fingerprint density at radius 2 is 1.97 bits per heavy atom. The Hall–Kier alpha value is -2.44. The van der Waals surface area contributed by atoms with Crippen LogP contribution in [0.15, 0.2) is 52.4 Å². The topological polar surface area (TPSA) is 59.9 Å². The first kappa shape index (κ1) is 21.3. The summed E-state index contributed by atoms with van der Waals surface area (Å²) in [5.74, 6) is 1.25. The summed E-state index contributed by atoms with van der Waals surface area (Å²) in [5, 5.41) is 3.84. The molecule has 1 heterocycles. The lowest BCUT2D eigenvalue weighted by molar-refractivity contribution is -0.115. The first-order valence-corrected chi connectivity index (χ1v) is 10.7. The van der Waals surface area contributed by atoms with Crippen molar-refractivity contribution in [1.82, 2.24) is 5.32 Å². The number of amidine groups is 1. The Balaban J connectivity index is 1.72. The van der Waals surface area contributed by atoms with E-state index in [9.17, 15) is 4.79 Å². The molecule has 0 unspecified atom stereocenters. The third kappa shape index (κ3) is 5.78. The fraction of sp³-hybridized carbons (Fsp3) is 0.273. The van der Waals surface area contributed by atoms with Crippen LogP contribution in [0.4, 0.5) is 5.69 Å². The summed E-state index contributed by atoms with van der Waals surface area (Å²) < 4.78 is 11.2. The molecule has 2 aromatic carbocycles. The van der Waals surface area contributed by atoms with E-state index in [1.54, 1.807) is 12.1 Å². The van der Waals surface area contributed by atoms with Crippen molar-refractivity contribution in [3.8, 4) is 11.5 Å². The third-order valence-corrected chi connectivity index (χ3v) is 5.39. The highest BCUT2D eigenvalue weighted by molar-refractivity contribution is 8.18. The zero-order chi connectivity index (χ0) is 20.8. The normalized spacial score (nSPS) is 17.4. The van der Waals surface area contributed by atoms with Gasteiger partial charge in [-0.3, -0.25) is 4.79 Å². The van der Waals surface area contributed by atoms with Crippen LogP contribution in [0.3, 0.4) is 0 Å². The lowest BCUT2D eigenvalue weighted by Crippen LogP contribution is -2.19. The molecule has 152 valence electrons. The molecule has 7 heteroatoms. The summed E-state index contributed by atoms with van der Waals surface area (Å²) >= 11 is 7.62. The van der Waals surface area contributed by atoms with Gasteiger partial charge in [0.05, 0.1) is 28.3 Å². The molecule has 0 bridgehead atoms. The van der Waals surface area contributed by atoms with Gasteiger partial charge in [0.25, 0.3) is 5.91 Å². The maximum absolute atomic E-state index is 12.3. The van der Waals surface area contributed by atoms with Gasteiger partial charge in [-0.1, -0.05) is 24.6 Å². The van der Waals surface area contributed by atoms with Crippen LogP contribution in [0.2, 0.25) is 5.02 Å². The Morgan fingerprint density at radius 3 is 2.62 bits per heavy atom. The number of nitrogens with one attached hydrogen (secondary N) is 1. The number of aliphatic imine (C=N–C) groups is 1. The second-order valence-electron chi connectivity index (χ2n) is 6.44. The fourth-order valence-electron chi connectivity index (χ4n) is 2.54. The van der Waals surface area contributed by atoms with E-state index >= 15 is 0 Å². The number of amides is 1. The molecule has 1 fully saturated rings. The smallest absolute Gasteiger partial charge is 0.264 e. The average molecular weight is 431 g/mol. The molecular formula is C22H23ClN2O3S.